The van der Waals surface area contributed by atoms with Crippen molar-refractivity contribution in [2.75, 3.05) is 17.4 Å². The van der Waals surface area contributed by atoms with Gasteiger partial charge >= 0.3 is 0 Å². The average Bonchev–Trinajstić information content (AvgIpc) is 3.01. The summed E-state index contributed by atoms with van der Waals surface area (Å²) in [5.74, 6) is -1.62. The Morgan fingerprint density at radius 3 is 2.07 bits per heavy atom. The summed E-state index contributed by atoms with van der Waals surface area (Å²) in [6.07, 6.45) is 0.168. The Hall–Kier alpha value is -3.92. The molecule has 0 bridgehead atoms. The first-order valence-electron chi connectivity index (χ1n) is 13.5. The summed E-state index contributed by atoms with van der Waals surface area (Å²) in [6, 6.07) is 25.5. The number of carbonyl (C=O) groups excluding carboxylic acids is 2. The van der Waals surface area contributed by atoms with Gasteiger partial charge in [0, 0.05) is 19.5 Å². The Kier molecular flexibility index (Phi) is 10.8. The Bertz CT molecular complexity index is 1660. The fourth-order valence-electron chi connectivity index (χ4n) is 4.54. The van der Waals surface area contributed by atoms with Gasteiger partial charge in [0.2, 0.25) is 11.8 Å². The number of halogens is 3. The number of nitrogens with one attached hydrogen (secondary N) is 1. The molecule has 0 aliphatic heterocycles. The zero-order chi connectivity index (χ0) is 31.0. The quantitative estimate of drug-likeness (QED) is 0.202. The average molecular weight is 643 g/mol. The minimum atomic E-state index is -4.27. The van der Waals surface area contributed by atoms with Gasteiger partial charge in [-0.2, -0.15) is 0 Å². The van der Waals surface area contributed by atoms with Gasteiger partial charge in [-0.1, -0.05) is 77.8 Å². The number of carbonyl (C=O) groups is 2. The molecule has 1 unspecified atom stereocenters. The molecule has 0 saturated carbocycles. The molecule has 2 amide bonds. The molecule has 7 nitrogen and oxygen atoms in total. The molecule has 4 aromatic carbocycles. The van der Waals surface area contributed by atoms with E-state index in [1.807, 2.05) is 30.3 Å². The predicted octanol–water partition coefficient (Wildman–Crippen LogP) is 6.10. The van der Waals surface area contributed by atoms with Gasteiger partial charge in [-0.05, 0) is 66.6 Å². The van der Waals surface area contributed by atoms with E-state index in [4.69, 9.17) is 23.2 Å². The van der Waals surface area contributed by atoms with Crippen LogP contribution in [0, 0.1) is 5.82 Å². The van der Waals surface area contributed by atoms with Crippen LogP contribution in [0.4, 0.5) is 10.1 Å². The maximum Gasteiger partial charge on any atom is 0.264 e. The summed E-state index contributed by atoms with van der Waals surface area (Å²) in [6.45, 7) is 1.37. The molecule has 224 valence electrons. The van der Waals surface area contributed by atoms with Crippen molar-refractivity contribution in [2.24, 2.45) is 0 Å². The molecule has 0 aromatic heterocycles. The smallest absolute Gasteiger partial charge is 0.264 e. The maximum absolute atomic E-state index is 14.3. The number of hydrogen-bond acceptors (Lipinski definition) is 4. The van der Waals surface area contributed by atoms with E-state index in [-0.39, 0.29) is 28.6 Å². The summed E-state index contributed by atoms with van der Waals surface area (Å²) in [5, 5.41) is 3.39. The molecule has 0 heterocycles. The Balaban J connectivity index is 1.80. The van der Waals surface area contributed by atoms with Crippen LogP contribution < -0.4 is 9.62 Å². The lowest BCUT2D eigenvalue weighted by Gasteiger charge is -2.34. The van der Waals surface area contributed by atoms with Gasteiger partial charge in [0.25, 0.3) is 10.0 Å². The van der Waals surface area contributed by atoms with Crippen LogP contribution in [0.25, 0.3) is 0 Å². The van der Waals surface area contributed by atoms with Crippen molar-refractivity contribution < 1.29 is 22.4 Å². The summed E-state index contributed by atoms with van der Waals surface area (Å²) in [5.41, 5.74) is 1.48. The van der Waals surface area contributed by atoms with Crippen LogP contribution in [0.1, 0.15) is 18.1 Å². The highest BCUT2D eigenvalue weighted by Crippen LogP contribution is 2.27. The van der Waals surface area contributed by atoms with E-state index in [9.17, 15) is 22.4 Å². The van der Waals surface area contributed by atoms with E-state index >= 15 is 0 Å². The van der Waals surface area contributed by atoms with E-state index in [1.54, 1.807) is 43.3 Å². The molecule has 0 saturated heterocycles. The van der Waals surface area contributed by atoms with E-state index < -0.39 is 40.2 Å². The third-order valence-corrected chi connectivity index (χ3v) is 9.21. The Morgan fingerprint density at radius 1 is 0.837 bits per heavy atom. The number of anilines is 1. The van der Waals surface area contributed by atoms with Crippen LogP contribution in [-0.4, -0.2) is 44.3 Å². The number of sulfonamides is 1. The van der Waals surface area contributed by atoms with E-state index in [0.717, 1.165) is 22.0 Å². The van der Waals surface area contributed by atoms with E-state index in [0.29, 0.717) is 17.1 Å². The molecular weight excluding hydrogens is 612 g/mol. The summed E-state index contributed by atoms with van der Waals surface area (Å²) < 4.78 is 42.5. The number of hydrogen-bond donors (Lipinski definition) is 1. The monoisotopic (exact) mass is 641 g/mol. The van der Waals surface area contributed by atoms with Crippen LogP contribution in [0.2, 0.25) is 10.0 Å². The molecule has 0 radical (unpaired) electrons. The van der Waals surface area contributed by atoms with Crippen LogP contribution in [0.15, 0.2) is 108 Å². The van der Waals surface area contributed by atoms with Gasteiger partial charge < -0.3 is 10.2 Å². The number of likely N-dealkylation sites (N-methyl/N-ethyl adjacent to an activating group) is 1. The van der Waals surface area contributed by atoms with Crippen molar-refractivity contribution in [1.29, 1.82) is 0 Å². The highest BCUT2D eigenvalue weighted by molar-refractivity contribution is 7.92. The second-order valence-electron chi connectivity index (χ2n) is 9.67. The minimum Gasteiger partial charge on any atom is -0.355 e. The topological polar surface area (TPSA) is 86.8 Å². The van der Waals surface area contributed by atoms with Gasteiger partial charge in [0.15, 0.2) is 0 Å². The molecule has 4 aromatic rings. The fraction of sp³-hybridized carbons (Fsp3) is 0.188. The molecule has 4 rings (SSSR count). The molecule has 1 atom stereocenters. The van der Waals surface area contributed by atoms with Crippen molar-refractivity contribution >= 4 is 50.7 Å². The minimum absolute atomic E-state index is 0.0484. The van der Waals surface area contributed by atoms with Crippen molar-refractivity contribution in [3.8, 4) is 0 Å². The third-order valence-electron chi connectivity index (χ3n) is 6.68. The Labute approximate surface area is 260 Å². The molecular formula is C32H30Cl2FN3O4S. The van der Waals surface area contributed by atoms with Gasteiger partial charge in [-0.15, -0.1) is 0 Å². The second-order valence-corrected chi connectivity index (χ2v) is 12.3. The molecule has 1 N–H and O–H groups in total. The summed E-state index contributed by atoms with van der Waals surface area (Å²) >= 11 is 12.4. The lowest BCUT2D eigenvalue weighted by molar-refractivity contribution is -0.140. The van der Waals surface area contributed by atoms with E-state index in [1.165, 1.54) is 29.2 Å². The molecule has 43 heavy (non-hydrogen) atoms. The number of rotatable bonds is 12. The summed E-state index contributed by atoms with van der Waals surface area (Å²) in [7, 11) is -4.27. The third kappa shape index (κ3) is 8.13. The molecule has 0 aliphatic rings. The van der Waals surface area contributed by atoms with E-state index in [2.05, 4.69) is 5.32 Å². The van der Waals surface area contributed by atoms with Crippen LogP contribution in [0.3, 0.4) is 0 Å². The highest BCUT2D eigenvalue weighted by atomic mass is 35.5. The first-order valence-corrected chi connectivity index (χ1v) is 15.7. The first-order chi connectivity index (χ1) is 20.6. The zero-order valence-corrected chi connectivity index (χ0v) is 25.6. The molecule has 0 aliphatic carbocycles. The lowest BCUT2D eigenvalue weighted by Crippen LogP contribution is -2.53. The van der Waals surface area contributed by atoms with Crippen molar-refractivity contribution in [2.45, 2.75) is 30.8 Å². The van der Waals surface area contributed by atoms with Crippen LogP contribution in [-0.2, 0) is 32.6 Å². The SMILES string of the molecule is CCNC(=O)C(Cc1ccccc1)N(Cc1ccc(Cl)c(Cl)c1)C(=O)CN(c1ccc(F)cc1)S(=O)(=O)c1ccccc1. The number of amides is 2. The first kappa shape index (κ1) is 32.0. The van der Waals surface area contributed by atoms with Crippen molar-refractivity contribution in [1.82, 2.24) is 10.2 Å². The second kappa shape index (κ2) is 14.5. The van der Waals surface area contributed by atoms with Crippen molar-refractivity contribution in [3.63, 3.8) is 0 Å². The molecule has 0 spiro atoms. The predicted molar refractivity (Wildman–Crippen MR) is 167 cm³/mol. The molecule has 0 fully saturated rings. The van der Waals surface area contributed by atoms with Crippen molar-refractivity contribution in [3.05, 3.63) is 130 Å². The largest absolute Gasteiger partial charge is 0.355 e. The number of nitrogens with zero attached hydrogens (tertiary/aromatic N) is 2. The van der Waals surface area contributed by atoms with Gasteiger partial charge in [0.1, 0.15) is 18.4 Å². The normalized spacial score (nSPS) is 11.9. The number of benzene rings is 4. The highest BCUT2D eigenvalue weighted by Gasteiger charge is 2.34. The van der Waals surface area contributed by atoms with Crippen LogP contribution in [0.5, 0.6) is 0 Å². The maximum atomic E-state index is 14.3. The van der Waals surface area contributed by atoms with Gasteiger partial charge in [0.05, 0.1) is 20.6 Å². The summed E-state index contributed by atoms with van der Waals surface area (Å²) in [4.78, 5) is 29.1. The van der Waals surface area contributed by atoms with Crippen LogP contribution >= 0.6 is 23.2 Å². The Morgan fingerprint density at radius 2 is 1.47 bits per heavy atom. The lowest BCUT2D eigenvalue weighted by atomic mass is 10.0. The zero-order valence-electron chi connectivity index (χ0n) is 23.3. The fourth-order valence-corrected chi connectivity index (χ4v) is 6.29. The van der Waals surface area contributed by atoms with Gasteiger partial charge in [-0.3, -0.25) is 13.9 Å². The standard InChI is InChI=1S/C32H30Cl2FN3O4S/c1-2-36-32(40)30(20-23-9-5-3-6-10-23)37(21-24-13-18-28(33)29(34)19-24)31(39)22-38(26-16-14-25(35)15-17-26)43(41,42)27-11-7-4-8-12-27/h3-19,30H,2,20-22H2,1H3,(H,36,40). The molecule has 11 heteroatoms. The van der Waals surface area contributed by atoms with Gasteiger partial charge in [-0.25, -0.2) is 12.8 Å².